The molecule has 0 aliphatic heterocycles. The third-order valence-corrected chi connectivity index (χ3v) is 2.77. The van der Waals surface area contributed by atoms with Gasteiger partial charge in [0, 0.05) is 6.42 Å². The highest BCUT2D eigenvalue weighted by molar-refractivity contribution is 7.99. The lowest BCUT2D eigenvalue weighted by Crippen LogP contribution is -2.50. The van der Waals surface area contributed by atoms with Crippen LogP contribution < -0.4 is 11.5 Å². The first kappa shape index (κ1) is 13.0. The van der Waals surface area contributed by atoms with E-state index in [1.165, 1.54) is 11.8 Å². The van der Waals surface area contributed by atoms with Crippen LogP contribution in [0.25, 0.3) is 0 Å². The fourth-order valence-electron chi connectivity index (χ4n) is 1.16. The van der Waals surface area contributed by atoms with Crippen molar-refractivity contribution in [3.8, 4) is 0 Å². The molecule has 0 aliphatic rings. The van der Waals surface area contributed by atoms with E-state index < -0.39 is 0 Å². The molecule has 1 amide bonds. The maximum atomic E-state index is 10.5. The van der Waals surface area contributed by atoms with Crippen LogP contribution in [-0.2, 0) is 11.2 Å². The van der Waals surface area contributed by atoms with Crippen molar-refractivity contribution in [3.63, 3.8) is 0 Å². The number of aromatic nitrogens is 2. The smallest absolute Gasteiger partial charge is 0.277 e. The summed E-state index contributed by atoms with van der Waals surface area (Å²) in [6.07, 6.45) is 4.05. The molecule has 6 nitrogen and oxygen atoms in total. The molecule has 0 radical (unpaired) electrons. The van der Waals surface area contributed by atoms with Crippen LogP contribution in [0.5, 0.6) is 0 Å². The van der Waals surface area contributed by atoms with Gasteiger partial charge in [0.2, 0.25) is 11.8 Å². The third-order valence-electron chi connectivity index (χ3n) is 1.93. The molecular weight excluding hydrogens is 228 g/mol. The Morgan fingerprint density at radius 2 is 2.19 bits per heavy atom. The Hall–Kier alpha value is -1.08. The van der Waals surface area contributed by atoms with E-state index in [0.717, 1.165) is 32.2 Å². The molecule has 0 spiro atoms. The summed E-state index contributed by atoms with van der Waals surface area (Å²) in [6, 6.07) is 0. The molecule has 0 aliphatic carbocycles. The summed E-state index contributed by atoms with van der Waals surface area (Å²) in [4.78, 5) is 10.5. The van der Waals surface area contributed by atoms with Crippen LogP contribution in [0.15, 0.2) is 9.64 Å². The van der Waals surface area contributed by atoms with Crippen LogP contribution in [0.2, 0.25) is 0 Å². The minimum Gasteiger partial charge on any atom is -0.416 e. The second-order valence-corrected chi connectivity index (χ2v) is 4.31. The lowest BCUT2D eigenvalue weighted by Gasteiger charge is -1.93. The van der Waals surface area contributed by atoms with Crippen molar-refractivity contribution in [2.75, 3.05) is 12.3 Å². The first-order chi connectivity index (χ1) is 7.72. The zero-order valence-corrected chi connectivity index (χ0v) is 9.96. The Labute approximate surface area is 98.2 Å². The number of amides is 1. The lowest BCUT2D eigenvalue weighted by atomic mass is 10.2. The Balaban J connectivity index is 2.25. The number of primary amides is 1. The molecule has 90 valence electrons. The summed E-state index contributed by atoms with van der Waals surface area (Å²) in [5.74, 6) is 0.402. The number of nitrogens with two attached hydrogens (primary N) is 1. The lowest BCUT2D eigenvalue weighted by molar-refractivity contribution is -0.368. The zero-order chi connectivity index (χ0) is 11.8. The van der Waals surface area contributed by atoms with E-state index in [1.54, 1.807) is 0 Å². The van der Waals surface area contributed by atoms with Crippen LogP contribution >= 0.6 is 11.8 Å². The number of aryl methyl sites for hydroxylation is 1. The number of hydrogen-bond donors (Lipinski definition) is 2. The molecule has 0 fully saturated rings. The monoisotopic (exact) mass is 245 g/mol. The van der Waals surface area contributed by atoms with Gasteiger partial charge in [-0.25, -0.2) is 0 Å². The Kier molecular flexibility index (Phi) is 5.87. The van der Waals surface area contributed by atoms with Crippen molar-refractivity contribution in [1.29, 1.82) is 0 Å². The summed E-state index contributed by atoms with van der Waals surface area (Å²) in [6.45, 7) is 0.962. The first-order valence-electron chi connectivity index (χ1n) is 5.25. The number of nitrogens with zero attached hydrogens (tertiary/aromatic N) is 2. The van der Waals surface area contributed by atoms with E-state index >= 15 is 0 Å². The number of carbonyl (C=O) groups is 1. The number of quaternary nitrogens is 1. The van der Waals surface area contributed by atoms with Crippen LogP contribution in [0.4, 0.5) is 0 Å². The van der Waals surface area contributed by atoms with Gasteiger partial charge in [-0.1, -0.05) is 11.8 Å². The first-order valence-corrected chi connectivity index (χ1v) is 6.23. The van der Waals surface area contributed by atoms with Crippen LogP contribution in [0, 0.1) is 0 Å². The Morgan fingerprint density at radius 3 is 2.88 bits per heavy atom. The highest BCUT2D eigenvalue weighted by Gasteiger charge is 2.07. The molecule has 0 saturated carbocycles. The molecule has 0 bridgehead atoms. The van der Waals surface area contributed by atoms with Crippen molar-refractivity contribution < 1.29 is 14.9 Å². The maximum Gasteiger partial charge on any atom is 0.277 e. The molecule has 0 aromatic carbocycles. The normalized spacial score (nSPS) is 10.6. The quantitative estimate of drug-likeness (QED) is 0.478. The molecular formula is C9H17N4O2S+. The third kappa shape index (κ3) is 5.13. The van der Waals surface area contributed by atoms with Crippen molar-refractivity contribution >= 4 is 17.7 Å². The van der Waals surface area contributed by atoms with Gasteiger partial charge in [0.15, 0.2) is 0 Å². The summed E-state index contributed by atoms with van der Waals surface area (Å²) in [7, 11) is 0. The Bertz CT molecular complexity index is 329. The van der Waals surface area contributed by atoms with Gasteiger partial charge < -0.3 is 15.9 Å². The molecule has 5 N–H and O–H groups in total. The molecule has 0 saturated heterocycles. The van der Waals surface area contributed by atoms with E-state index in [0.29, 0.717) is 11.1 Å². The van der Waals surface area contributed by atoms with Gasteiger partial charge in [0.25, 0.3) is 5.22 Å². The zero-order valence-electron chi connectivity index (χ0n) is 9.15. The topological polar surface area (TPSA) is 110 Å². The van der Waals surface area contributed by atoms with Gasteiger partial charge in [0.1, 0.15) is 0 Å². The van der Waals surface area contributed by atoms with E-state index in [-0.39, 0.29) is 11.7 Å². The number of hydrogen-bond acceptors (Lipinski definition) is 5. The predicted molar refractivity (Wildman–Crippen MR) is 59.5 cm³/mol. The summed E-state index contributed by atoms with van der Waals surface area (Å²) >= 11 is 1.17. The molecule has 16 heavy (non-hydrogen) atoms. The van der Waals surface area contributed by atoms with Crippen molar-refractivity contribution in [2.45, 2.75) is 30.9 Å². The number of thioether (sulfide) groups is 1. The SMILES string of the molecule is NC(=O)CSc1nnc(CCCCC[NH3+])o1. The summed E-state index contributed by atoms with van der Waals surface area (Å²) in [5, 5.41) is 8.11. The molecule has 7 heteroatoms. The van der Waals surface area contributed by atoms with E-state index in [2.05, 4.69) is 15.9 Å². The van der Waals surface area contributed by atoms with Gasteiger partial charge in [-0.05, 0) is 19.3 Å². The van der Waals surface area contributed by atoms with E-state index in [4.69, 9.17) is 10.2 Å². The summed E-state index contributed by atoms with van der Waals surface area (Å²) < 4.78 is 5.33. The van der Waals surface area contributed by atoms with Gasteiger partial charge >= 0.3 is 0 Å². The summed E-state index contributed by atoms with van der Waals surface area (Å²) in [5.41, 5.74) is 8.78. The van der Waals surface area contributed by atoms with Gasteiger partial charge in [-0.2, -0.15) is 0 Å². The van der Waals surface area contributed by atoms with Crippen molar-refractivity contribution in [2.24, 2.45) is 5.73 Å². The van der Waals surface area contributed by atoms with Gasteiger partial charge in [-0.3, -0.25) is 4.79 Å². The molecule has 1 aromatic heterocycles. The highest BCUT2D eigenvalue weighted by Crippen LogP contribution is 2.16. The average molecular weight is 245 g/mol. The van der Waals surface area contributed by atoms with Gasteiger partial charge in [0.05, 0.1) is 12.3 Å². The van der Waals surface area contributed by atoms with Gasteiger partial charge in [-0.15, -0.1) is 10.2 Å². The number of rotatable bonds is 8. The highest BCUT2D eigenvalue weighted by atomic mass is 32.2. The minimum absolute atomic E-state index is 0.170. The molecule has 1 rings (SSSR count). The van der Waals surface area contributed by atoms with Crippen LogP contribution in [0.3, 0.4) is 0 Å². The number of unbranched alkanes of at least 4 members (excludes halogenated alkanes) is 2. The van der Waals surface area contributed by atoms with Crippen LogP contribution in [0.1, 0.15) is 25.2 Å². The maximum absolute atomic E-state index is 10.5. The second-order valence-electron chi connectivity index (χ2n) is 3.38. The fourth-order valence-corrected chi connectivity index (χ4v) is 1.68. The average Bonchev–Trinajstić information content (AvgIpc) is 2.70. The Morgan fingerprint density at radius 1 is 1.38 bits per heavy atom. The van der Waals surface area contributed by atoms with Crippen molar-refractivity contribution in [3.05, 3.63) is 5.89 Å². The molecule has 1 aromatic rings. The molecule has 1 heterocycles. The minimum atomic E-state index is -0.389. The van der Waals surface area contributed by atoms with E-state index in [9.17, 15) is 4.79 Å². The second kappa shape index (κ2) is 7.24. The molecule has 0 atom stereocenters. The predicted octanol–water partition coefficient (Wildman–Crippen LogP) is -0.398. The number of carbonyl (C=O) groups excluding carboxylic acids is 1. The largest absolute Gasteiger partial charge is 0.416 e. The van der Waals surface area contributed by atoms with Crippen LogP contribution in [-0.4, -0.2) is 28.4 Å². The van der Waals surface area contributed by atoms with Crippen molar-refractivity contribution in [1.82, 2.24) is 10.2 Å². The van der Waals surface area contributed by atoms with E-state index in [1.807, 2.05) is 0 Å². The standard InChI is InChI=1S/C9H16N4O2S/c10-5-3-1-2-4-8-12-13-9(15-8)16-6-7(11)14/h1-6,10H2,(H2,11,14)/p+1. The fraction of sp³-hybridized carbons (Fsp3) is 0.667. The molecule has 0 unspecified atom stereocenters.